The fourth-order valence-corrected chi connectivity index (χ4v) is 2.23. The predicted octanol–water partition coefficient (Wildman–Crippen LogP) is 4.39. The minimum Gasteiger partial charge on any atom is -0.237 e. The molecule has 0 bridgehead atoms. The lowest BCUT2D eigenvalue weighted by Crippen LogP contribution is -2.07. The zero-order chi connectivity index (χ0) is 13.0. The van der Waals surface area contributed by atoms with Crippen LogP contribution in [0, 0.1) is 0 Å². The molecule has 0 spiro atoms. The molecular formula is C13H10F3NS. The average Bonchev–Trinajstić information content (AvgIpc) is 2.37. The Morgan fingerprint density at radius 1 is 0.944 bits per heavy atom. The normalized spacial score (nSPS) is 11.5. The van der Waals surface area contributed by atoms with E-state index in [1.165, 1.54) is 17.8 Å². The topological polar surface area (TPSA) is 12.9 Å². The highest BCUT2D eigenvalue weighted by atomic mass is 32.2. The van der Waals surface area contributed by atoms with Gasteiger partial charge in [0, 0.05) is 5.75 Å². The van der Waals surface area contributed by atoms with Gasteiger partial charge < -0.3 is 0 Å². The second-order valence-electron chi connectivity index (χ2n) is 3.63. The Hall–Kier alpha value is -1.49. The summed E-state index contributed by atoms with van der Waals surface area (Å²) in [6, 6.07) is 13.5. The lowest BCUT2D eigenvalue weighted by molar-refractivity contribution is -0.141. The van der Waals surface area contributed by atoms with Gasteiger partial charge >= 0.3 is 6.18 Å². The van der Waals surface area contributed by atoms with Gasteiger partial charge in [0.25, 0.3) is 0 Å². The number of rotatable bonds is 3. The number of hydrogen-bond acceptors (Lipinski definition) is 2. The summed E-state index contributed by atoms with van der Waals surface area (Å²) in [5, 5.41) is 0.383. The molecule has 0 unspecified atom stereocenters. The number of benzene rings is 1. The molecule has 0 N–H and O–H groups in total. The van der Waals surface area contributed by atoms with Crippen molar-refractivity contribution in [1.29, 1.82) is 0 Å². The van der Waals surface area contributed by atoms with Crippen LogP contribution in [0.15, 0.2) is 53.6 Å². The Kier molecular flexibility index (Phi) is 3.91. The molecule has 1 aromatic heterocycles. The van der Waals surface area contributed by atoms with Gasteiger partial charge in [-0.15, -0.1) is 11.8 Å². The molecule has 0 atom stereocenters. The summed E-state index contributed by atoms with van der Waals surface area (Å²) in [6.07, 6.45) is -4.39. The molecule has 2 rings (SSSR count). The number of thioether (sulfide) groups is 1. The quantitative estimate of drug-likeness (QED) is 0.766. The third-order valence-electron chi connectivity index (χ3n) is 2.24. The molecule has 0 saturated carbocycles. The molecule has 94 valence electrons. The van der Waals surface area contributed by atoms with Crippen molar-refractivity contribution >= 4 is 11.8 Å². The molecule has 0 saturated heterocycles. The maximum atomic E-state index is 12.5. The molecule has 0 amide bonds. The van der Waals surface area contributed by atoms with Crippen molar-refractivity contribution in [2.75, 3.05) is 0 Å². The van der Waals surface area contributed by atoms with Crippen molar-refractivity contribution < 1.29 is 13.2 Å². The largest absolute Gasteiger partial charge is 0.433 e. The van der Waals surface area contributed by atoms with E-state index in [2.05, 4.69) is 4.98 Å². The highest BCUT2D eigenvalue weighted by molar-refractivity contribution is 7.98. The molecule has 2 aromatic rings. The number of pyridine rings is 1. The van der Waals surface area contributed by atoms with Gasteiger partial charge in [-0.05, 0) is 17.7 Å². The Morgan fingerprint density at radius 3 is 2.33 bits per heavy atom. The third-order valence-corrected chi connectivity index (χ3v) is 3.24. The summed E-state index contributed by atoms with van der Waals surface area (Å²) in [4.78, 5) is 3.60. The van der Waals surface area contributed by atoms with Gasteiger partial charge in [-0.1, -0.05) is 36.4 Å². The second kappa shape index (κ2) is 5.44. The zero-order valence-corrected chi connectivity index (χ0v) is 10.1. The van der Waals surface area contributed by atoms with E-state index in [-0.39, 0.29) is 0 Å². The van der Waals surface area contributed by atoms with Gasteiger partial charge in [0.05, 0.1) is 5.03 Å². The lowest BCUT2D eigenvalue weighted by Gasteiger charge is -2.07. The standard InChI is InChI=1S/C13H10F3NS/c14-13(15,16)11-7-4-8-12(17-11)18-9-10-5-2-1-3-6-10/h1-8H,9H2. The van der Waals surface area contributed by atoms with Crippen molar-refractivity contribution in [2.24, 2.45) is 0 Å². The smallest absolute Gasteiger partial charge is 0.237 e. The van der Waals surface area contributed by atoms with Crippen molar-refractivity contribution in [3.05, 3.63) is 59.8 Å². The molecule has 5 heteroatoms. The first-order valence-electron chi connectivity index (χ1n) is 5.27. The first kappa shape index (κ1) is 13.0. The second-order valence-corrected chi connectivity index (χ2v) is 4.63. The number of aromatic nitrogens is 1. The highest BCUT2D eigenvalue weighted by Crippen LogP contribution is 2.29. The van der Waals surface area contributed by atoms with Gasteiger partial charge in [-0.25, -0.2) is 4.98 Å². The van der Waals surface area contributed by atoms with Gasteiger partial charge in [-0.2, -0.15) is 13.2 Å². The minimum atomic E-state index is -4.39. The molecule has 0 aliphatic carbocycles. The van der Waals surface area contributed by atoms with E-state index in [0.29, 0.717) is 10.8 Å². The van der Waals surface area contributed by atoms with Crippen LogP contribution >= 0.6 is 11.8 Å². The van der Waals surface area contributed by atoms with E-state index >= 15 is 0 Å². The highest BCUT2D eigenvalue weighted by Gasteiger charge is 2.32. The number of halogens is 3. The third kappa shape index (κ3) is 3.50. The lowest BCUT2D eigenvalue weighted by atomic mass is 10.2. The van der Waals surface area contributed by atoms with Crippen molar-refractivity contribution in [3.63, 3.8) is 0 Å². The first-order valence-corrected chi connectivity index (χ1v) is 6.25. The minimum absolute atomic E-state index is 0.383. The predicted molar refractivity (Wildman–Crippen MR) is 65.2 cm³/mol. The van der Waals surface area contributed by atoms with Gasteiger partial charge in [0.2, 0.25) is 0 Å². The molecular weight excluding hydrogens is 259 g/mol. The van der Waals surface area contributed by atoms with Crippen molar-refractivity contribution in [3.8, 4) is 0 Å². The van der Waals surface area contributed by atoms with Crippen LogP contribution in [0.3, 0.4) is 0 Å². The maximum Gasteiger partial charge on any atom is 0.433 e. The van der Waals surface area contributed by atoms with Crippen LogP contribution in [0.1, 0.15) is 11.3 Å². The Balaban J connectivity index is 2.06. The molecule has 0 aliphatic rings. The fourth-order valence-electron chi connectivity index (χ4n) is 1.38. The summed E-state index contributed by atoms with van der Waals surface area (Å²) < 4.78 is 37.4. The van der Waals surface area contributed by atoms with Crippen LogP contribution in [0.2, 0.25) is 0 Å². The first-order chi connectivity index (χ1) is 8.55. The molecule has 0 aliphatic heterocycles. The van der Waals surface area contributed by atoms with E-state index in [9.17, 15) is 13.2 Å². The maximum absolute atomic E-state index is 12.5. The summed E-state index contributed by atoms with van der Waals surface area (Å²) in [7, 11) is 0. The zero-order valence-electron chi connectivity index (χ0n) is 9.32. The molecule has 1 nitrogen and oxygen atoms in total. The van der Waals surface area contributed by atoms with Crippen molar-refractivity contribution in [2.45, 2.75) is 17.0 Å². The molecule has 0 radical (unpaired) electrons. The Bertz CT molecular complexity index is 511. The number of alkyl halides is 3. The summed E-state index contributed by atoms with van der Waals surface area (Å²) in [5.74, 6) is 0.606. The van der Waals surface area contributed by atoms with Gasteiger partial charge in [-0.3, -0.25) is 0 Å². The van der Waals surface area contributed by atoms with E-state index < -0.39 is 11.9 Å². The van der Waals surface area contributed by atoms with Crippen LogP contribution in [0.4, 0.5) is 13.2 Å². The fraction of sp³-hybridized carbons (Fsp3) is 0.154. The van der Waals surface area contributed by atoms with Crippen LogP contribution in [0.5, 0.6) is 0 Å². The molecule has 0 fully saturated rings. The van der Waals surface area contributed by atoms with Crippen LogP contribution in [0.25, 0.3) is 0 Å². The number of hydrogen-bond donors (Lipinski definition) is 0. The Morgan fingerprint density at radius 2 is 1.67 bits per heavy atom. The summed E-state index contributed by atoms with van der Waals surface area (Å²) in [6.45, 7) is 0. The van der Waals surface area contributed by atoms with E-state index in [1.54, 1.807) is 6.07 Å². The number of nitrogens with zero attached hydrogens (tertiary/aromatic N) is 1. The average molecular weight is 269 g/mol. The monoisotopic (exact) mass is 269 g/mol. The Labute approximate surface area is 107 Å². The van der Waals surface area contributed by atoms with E-state index in [4.69, 9.17) is 0 Å². The van der Waals surface area contributed by atoms with Crippen molar-refractivity contribution in [1.82, 2.24) is 4.98 Å². The SMILES string of the molecule is FC(F)(F)c1cccc(SCc2ccccc2)n1. The van der Waals surface area contributed by atoms with Crippen LogP contribution in [-0.2, 0) is 11.9 Å². The summed E-state index contributed by atoms with van der Waals surface area (Å²) in [5.41, 5.74) is 0.210. The molecule has 1 heterocycles. The van der Waals surface area contributed by atoms with E-state index in [1.807, 2.05) is 30.3 Å². The van der Waals surface area contributed by atoms with E-state index in [0.717, 1.165) is 11.6 Å². The molecule has 1 aromatic carbocycles. The van der Waals surface area contributed by atoms with Crippen LogP contribution < -0.4 is 0 Å². The summed E-state index contributed by atoms with van der Waals surface area (Å²) >= 11 is 1.29. The van der Waals surface area contributed by atoms with Crippen LogP contribution in [-0.4, -0.2) is 4.98 Å². The molecule has 18 heavy (non-hydrogen) atoms. The van der Waals surface area contributed by atoms with Gasteiger partial charge in [0.1, 0.15) is 5.69 Å². The van der Waals surface area contributed by atoms with Gasteiger partial charge in [0.15, 0.2) is 0 Å².